The van der Waals surface area contributed by atoms with Crippen molar-refractivity contribution in [3.05, 3.63) is 41.1 Å². The van der Waals surface area contributed by atoms with Crippen LogP contribution in [0.4, 0.5) is 0 Å². The van der Waals surface area contributed by atoms with Crippen molar-refractivity contribution in [2.75, 3.05) is 26.3 Å². The maximum Gasteiger partial charge on any atom is 0.270 e. The van der Waals surface area contributed by atoms with E-state index in [0.29, 0.717) is 37.9 Å². The minimum absolute atomic E-state index is 0.168. The molecule has 26 heavy (non-hydrogen) atoms. The molecule has 1 aromatic rings. The van der Waals surface area contributed by atoms with Crippen LogP contribution in [0.5, 0.6) is 0 Å². The molecule has 0 atom stereocenters. The van der Waals surface area contributed by atoms with Gasteiger partial charge >= 0.3 is 0 Å². The number of carbonyl (C=O) groups excluding carboxylic acids is 2. The highest BCUT2D eigenvalue weighted by molar-refractivity contribution is 6.02. The first-order chi connectivity index (χ1) is 12.2. The van der Waals surface area contributed by atoms with Gasteiger partial charge in [-0.05, 0) is 23.1 Å². The van der Waals surface area contributed by atoms with Gasteiger partial charge in [-0.2, -0.15) is 0 Å². The molecule has 0 unspecified atom stereocenters. The van der Waals surface area contributed by atoms with E-state index in [0.717, 1.165) is 5.56 Å². The molecule has 1 N–H and O–H groups in total. The van der Waals surface area contributed by atoms with Crippen LogP contribution in [0.1, 0.15) is 51.7 Å². The first kappa shape index (κ1) is 20.2. The molecule has 0 spiro atoms. The van der Waals surface area contributed by atoms with Crippen molar-refractivity contribution < 1.29 is 14.3 Å². The van der Waals surface area contributed by atoms with Crippen LogP contribution in [0.2, 0.25) is 0 Å². The monoisotopic (exact) mass is 358 g/mol. The summed E-state index contributed by atoms with van der Waals surface area (Å²) in [5.41, 5.74) is 1.86. The Morgan fingerprint density at radius 1 is 1.12 bits per heavy atom. The molecular weight excluding hydrogens is 328 g/mol. The Balaban J connectivity index is 2.29. The van der Waals surface area contributed by atoms with Crippen molar-refractivity contribution >= 4 is 17.9 Å². The number of hydrogen-bond donors (Lipinski definition) is 1. The van der Waals surface area contributed by atoms with Crippen molar-refractivity contribution in [1.29, 1.82) is 0 Å². The van der Waals surface area contributed by atoms with E-state index in [9.17, 15) is 9.59 Å². The summed E-state index contributed by atoms with van der Waals surface area (Å²) in [6.07, 6.45) is 1.76. The minimum Gasteiger partial charge on any atom is -0.378 e. The van der Waals surface area contributed by atoms with Crippen LogP contribution in [-0.2, 0) is 14.3 Å². The summed E-state index contributed by atoms with van der Waals surface area (Å²) in [6, 6.07) is 8.06. The van der Waals surface area contributed by atoms with Crippen LogP contribution in [0.3, 0.4) is 0 Å². The molecule has 2 amide bonds. The summed E-state index contributed by atoms with van der Waals surface area (Å²) in [4.78, 5) is 27.1. The predicted octanol–water partition coefficient (Wildman–Crippen LogP) is 3.17. The number of benzene rings is 1. The van der Waals surface area contributed by atoms with Crippen LogP contribution in [0.25, 0.3) is 6.08 Å². The van der Waals surface area contributed by atoms with E-state index in [1.165, 1.54) is 5.56 Å². The lowest BCUT2D eigenvalue weighted by Gasteiger charge is -2.28. The third-order valence-corrected chi connectivity index (χ3v) is 4.37. The number of amides is 2. The van der Waals surface area contributed by atoms with Gasteiger partial charge in [0.2, 0.25) is 5.91 Å². The summed E-state index contributed by atoms with van der Waals surface area (Å²) in [7, 11) is 0. The van der Waals surface area contributed by atoms with Gasteiger partial charge in [-0.3, -0.25) is 9.59 Å². The SMILES string of the molecule is CC(C)c1ccc(/C=C(\NC(=O)C(C)(C)C)C(=O)N2CCOCC2)cc1. The summed E-state index contributed by atoms with van der Waals surface area (Å²) in [6.45, 7) is 11.9. The summed E-state index contributed by atoms with van der Waals surface area (Å²) in [5, 5.41) is 2.83. The number of rotatable bonds is 4. The molecule has 1 heterocycles. The van der Waals surface area contributed by atoms with Gasteiger partial charge in [0.1, 0.15) is 5.70 Å². The maximum atomic E-state index is 12.9. The van der Waals surface area contributed by atoms with Gasteiger partial charge < -0.3 is 15.0 Å². The Kier molecular flexibility index (Phi) is 6.59. The summed E-state index contributed by atoms with van der Waals surface area (Å²) < 4.78 is 5.32. The molecule has 1 aromatic carbocycles. The topological polar surface area (TPSA) is 58.6 Å². The average molecular weight is 358 g/mol. The summed E-state index contributed by atoms with van der Waals surface area (Å²) in [5.74, 6) is 0.103. The number of hydrogen-bond acceptors (Lipinski definition) is 3. The first-order valence-electron chi connectivity index (χ1n) is 9.18. The highest BCUT2D eigenvalue weighted by Gasteiger charge is 2.27. The fourth-order valence-corrected chi connectivity index (χ4v) is 2.54. The highest BCUT2D eigenvalue weighted by Crippen LogP contribution is 2.18. The normalized spacial score (nSPS) is 15.9. The molecule has 5 heteroatoms. The molecule has 0 aromatic heterocycles. The average Bonchev–Trinajstić information content (AvgIpc) is 2.60. The predicted molar refractivity (Wildman–Crippen MR) is 104 cm³/mol. The fourth-order valence-electron chi connectivity index (χ4n) is 2.54. The zero-order chi connectivity index (χ0) is 19.3. The van der Waals surface area contributed by atoms with E-state index >= 15 is 0 Å². The van der Waals surface area contributed by atoms with Crippen molar-refractivity contribution in [1.82, 2.24) is 10.2 Å². The van der Waals surface area contributed by atoms with Crippen LogP contribution in [0.15, 0.2) is 30.0 Å². The zero-order valence-electron chi connectivity index (χ0n) is 16.5. The second kappa shape index (κ2) is 8.49. The van der Waals surface area contributed by atoms with E-state index in [1.54, 1.807) is 11.0 Å². The molecule has 0 bridgehead atoms. The molecule has 0 saturated carbocycles. The Labute approximate surface area is 156 Å². The van der Waals surface area contributed by atoms with Gasteiger partial charge in [-0.25, -0.2) is 0 Å². The maximum absolute atomic E-state index is 12.9. The Hall–Kier alpha value is -2.14. The molecule has 1 saturated heterocycles. The zero-order valence-corrected chi connectivity index (χ0v) is 16.5. The fraction of sp³-hybridized carbons (Fsp3) is 0.524. The Morgan fingerprint density at radius 3 is 2.19 bits per heavy atom. The molecular formula is C21H30N2O3. The van der Waals surface area contributed by atoms with E-state index in [-0.39, 0.29) is 11.8 Å². The molecule has 1 aliphatic heterocycles. The lowest BCUT2D eigenvalue weighted by atomic mass is 9.95. The summed E-state index contributed by atoms with van der Waals surface area (Å²) >= 11 is 0. The second-order valence-electron chi connectivity index (χ2n) is 7.99. The number of ether oxygens (including phenoxy) is 1. The van der Waals surface area contributed by atoms with Crippen molar-refractivity contribution in [3.63, 3.8) is 0 Å². The second-order valence-corrected chi connectivity index (χ2v) is 7.99. The largest absolute Gasteiger partial charge is 0.378 e. The first-order valence-corrected chi connectivity index (χ1v) is 9.18. The number of morpholine rings is 1. The third kappa shape index (κ3) is 5.43. The van der Waals surface area contributed by atoms with E-state index in [2.05, 4.69) is 31.3 Å². The smallest absolute Gasteiger partial charge is 0.270 e. The van der Waals surface area contributed by atoms with Gasteiger partial charge in [0.25, 0.3) is 5.91 Å². The molecule has 0 radical (unpaired) electrons. The van der Waals surface area contributed by atoms with Crippen LogP contribution in [-0.4, -0.2) is 43.0 Å². The number of nitrogens with one attached hydrogen (secondary N) is 1. The van der Waals surface area contributed by atoms with Gasteiger partial charge in [0.05, 0.1) is 13.2 Å². The van der Waals surface area contributed by atoms with Crippen LogP contribution < -0.4 is 5.32 Å². The van der Waals surface area contributed by atoms with E-state index in [1.807, 2.05) is 32.9 Å². The lowest BCUT2D eigenvalue weighted by molar-refractivity contribution is -0.134. The number of nitrogens with zero attached hydrogens (tertiary/aromatic N) is 1. The van der Waals surface area contributed by atoms with Gasteiger partial charge in [-0.15, -0.1) is 0 Å². The van der Waals surface area contributed by atoms with Crippen LogP contribution in [0, 0.1) is 5.41 Å². The molecule has 1 fully saturated rings. The van der Waals surface area contributed by atoms with Crippen LogP contribution >= 0.6 is 0 Å². The van der Waals surface area contributed by atoms with E-state index in [4.69, 9.17) is 4.74 Å². The highest BCUT2D eigenvalue weighted by atomic mass is 16.5. The van der Waals surface area contributed by atoms with Crippen molar-refractivity contribution in [3.8, 4) is 0 Å². The van der Waals surface area contributed by atoms with Gasteiger partial charge in [0.15, 0.2) is 0 Å². The molecule has 0 aliphatic carbocycles. The Bertz CT molecular complexity index is 663. The lowest BCUT2D eigenvalue weighted by Crippen LogP contribution is -2.46. The minimum atomic E-state index is -0.578. The molecule has 1 aliphatic rings. The molecule has 142 valence electrons. The van der Waals surface area contributed by atoms with Crippen molar-refractivity contribution in [2.45, 2.75) is 40.5 Å². The van der Waals surface area contributed by atoms with E-state index < -0.39 is 5.41 Å². The number of carbonyl (C=O) groups is 2. The van der Waals surface area contributed by atoms with Gasteiger partial charge in [0, 0.05) is 18.5 Å². The van der Waals surface area contributed by atoms with Gasteiger partial charge in [-0.1, -0.05) is 58.9 Å². The quantitative estimate of drug-likeness (QED) is 0.841. The van der Waals surface area contributed by atoms with Crippen molar-refractivity contribution in [2.24, 2.45) is 5.41 Å². The Morgan fingerprint density at radius 2 is 1.69 bits per heavy atom. The molecule has 2 rings (SSSR count). The molecule has 5 nitrogen and oxygen atoms in total. The third-order valence-electron chi connectivity index (χ3n) is 4.37. The standard InChI is InChI=1S/C21H30N2O3/c1-15(2)17-8-6-16(7-9-17)14-18(22-20(25)21(3,4)5)19(24)23-10-12-26-13-11-23/h6-9,14-15H,10-13H2,1-5H3,(H,22,25)/b18-14-.